The van der Waals surface area contributed by atoms with Crippen LogP contribution >= 0.6 is 15.9 Å². The van der Waals surface area contributed by atoms with Crippen molar-refractivity contribution in [3.8, 4) is 17.4 Å². The van der Waals surface area contributed by atoms with Crippen LogP contribution in [0.4, 0.5) is 0 Å². The van der Waals surface area contributed by atoms with Crippen LogP contribution in [0.5, 0.6) is 17.4 Å². The number of nitrogens with two attached hydrogens (primary N) is 1. The number of ether oxygens (including phenoxy) is 2. The van der Waals surface area contributed by atoms with E-state index in [1.165, 1.54) is 0 Å². The smallest absolute Gasteiger partial charge is 0.219 e. The van der Waals surface area contributed by atoms with Crippen LogP contribution in [0.3, 0.4) is 0 Å². The van der Waals surface area contributed by atoms with Crippen molar-refractivity contribution in [2.45, 2.75) is 13.5 Å². The molecule has 1 aromatic carbocycles. The normalized spacial score (nSPS) is 10.3. The van der Waals surface area contributed by atoms with E-state index in [2.05, 4.69) is 20.9 Å². The van der Waals surface area contributed by atoms with Crippen molar-refractivity contribution < 1.29 is 9.47 Å². The standard InChI is InChI=1S/C14H15BrN2O2/c1-9-5-10(8-16)6-14(17-9)19-13-4-3-11(18-2)7-12(13)15/h3-7H,8,16H2,1-2H3. The molecule has 0 aliphatic carbocycles. The summed E-state index contributed by atoms with van der Waals surface area (Å²) in [7, 11) is 1.62. The summed E-state index contributed by atoms with van der Waals surface area (Å²) in [4.78, 5) is 4.33. The third-order valence-electron chi connectivity index (χ3n) is 2.58. The van der Waals surface area contributed by atoms with Crippen LogP contribution in [0, 0.1) is 6.92 Å². The average Bonchev–Trinajstić information content (AvgIpc) is 2.40. The Labute approximate surface area is 120 Å². The maximum atomic E-state index is 5.76. The molecule has 4 nitrogen and oxygen atoms in total. The molecule has 0 amide bonds. The third kappa shape index (κ3) is 3.45. The van der Waals surface area contributed by atoms with Gasteiger partial charge in [0.25, 0.3) is 0 Å². The van der Waals surface area contributed by atoms with Crippen LogP contribution in [0.1, 0.15) is 11.3 Å². The minimum absolute atomic E-state index is 0.462. The molecule has 2 aromatic rings. The second-order valence-corrected chi connectivity index (χ2v) is 4.91. The molecule has 19 heavy (non-hydrogen) atoms. The Morgan fingerprint density at radius 1 is 1.26 bits per heavy atom. The number of aryl methyl sites for hydroxylation is 1. The fourth-order valence-electron chi connectivity index (χ4n) is 1.68. The maximum absolute atomic E-state index is 5.76. The summed E-state index contributed by atoms with van der Waals surface area (Å²) in [6.07, 6.45) is 0. The van der Waals surface area contributed by atoms with Crippen molar-refractivity contribution in [1.82, 2.24) is 4.98 Å². The second kappa shape index (κ2) is 6.04. The number of halogens is 1. The molecule has 2 N–H and O–H groups in total. The lowest BCUT2D eigenvalue weighted by Crippen LogP contribution is -1.99. The fourth-order valence-corrected chi connectivity index (χ4v) is 2.12. The first-order chi connectivity index (χ1) is 9.12. The quantitative estimate of drug-likeness (QED) is 0.937. The van der Waals surface area contributed by atoms with E-state index in [0.717, 1.165) is 21.5 Å². The average molecular weight is 323 g/mol. The minimum atomic E-state index is 0.462. The summed E-state index contributed by atoms with van der Waals surface area (Å²) in [5.74, 6) is 1.98. The molecule has 0 saturated carbocycles. The summed E-state index contributed by atoms with van der Waals surface area (Å²) in [5.41, 5.74) is 7.51. The summed E-state index contributed by atoms with van der Waals surface area (Å²) < 4.78 is 11.7. The number of hydrogen-bond acceptors (Lipinski definition) is 4. The first-order valence-corrected chi connectivity index (χ1v) is 6.60. The zero-order chi connectivity index (χ0) is 13.8. The van der Waals surface area contributed by atoms with Gasteiger partial charge in [-0.3, -0.25) is 0 Å². The Morgan fingerprint density at radius 2 is 2.05 bits per heavy atom. The number of rotatable bonds is 4. The molecule has 0 unspecified atom stereocenters. The van der Waals surface area contributed by atoms with Crippen molar-refractivity contribution in [3.63, 3.8) is 0 Å². The zero-order valence-corrected chi connectivity index (χ0v) is 12.4. The van der Waals surface area contributed by atoms with E-state index in [-0.39, 0.29) is 0 Å². The molecule has 0 fully saturated rings. The van der Waals surface area contributed by atoms with Crippen LogP contribution in [0.25, 0.3) is 0 Å². The predicted octanol–water partition coefficient (Wildman–Crippen LogP) is 3.41. The lowest BCUT2D eigenvalue weighted by Gasteiger charge is -2.10. The second-order valence-electron chi connectivity index (χ2n) is 4.06. The van der Waals surface area contributed by atoms with E-state index in [1.54, 1.807) is 7.11 Å². The largest absolute Gasteiger partial charge is 0.497 e. The van der Waals surface area contributed by atoms with Crippen LogP contribution in [0.15, 0.2) is 34.8 Å². The Balaban J connectivity index is 2.28. The summed E-state index contributed by atoms with van der Waals surface area (Å²) >= 11 is 3.44. The summed E-state index contributed by atoms with van der Waals surface area (Å²) in [6, 6.07) is 9.28. The van der Waals surface area contributed by atoms with Gasteiger partial charge in [0.05, 0.1) is 11.6 Å². The van der Waals surface area contributed by atoms with Crippen LogP contribution in [-0.4, -0.2) is 12.1 Å². The SMILES string of the molecule is COc1ccc(Oc2cc(CN)cc(C)n2)c(Br)c1. The van der Waals surface area contributed by atoms with Gasteiger partial charge in [0.2, 0.25) is 5.88 Å². The molecule has 0 aliphatic heterocycles. The predicted molar refractivity (Wildman–Crippen MR) is 77.6 cm³/mol. The van der Waals surface area contributed by atoms with Crippen LogP contribution < -0.4 is 15.2 Å². The van der Waals surface area contributed by atoms with E-state index in [1.807, 2.05) is 37.3 Å². The van der Waals surface area contributed by atoms with E-state index >= 15 is 0 Å². The van der Waals surface area contributed by atoms with Crippen molar-refractivity contribution in [1.29, 1.82) is 0 Å². The molecular formula is C14H15BrN2O2. The van der Waals surface area contributed by atoms with Gasteiger partial charge in [-0.2, -0.15) is 0 Å². The molecule has 0 saturated heterocycles. The molecule has 100 valence electrons. The number of pyridine rings is 1. The molecule has 1 aromatic heterocycles. The lowest BCUT2D eigenvalue weighted by molar-refractivity contribution is 0.411. The van der Waals surface area contributed by atoms with Gasteiger partial charge in [-0.05, 0) is 52.7 Å². The minimum Gasteiger partial charge on any atom is -0.497 e. The highest BCUT2D eigenvalue weighted by atomic mass is 79.9. The number of aromatic nitrogens is 1. The molecule has 0 aliphatic rings. The molecule has 0 spiro atoms. The highest BCUT2D eigenvalue weighted by molar-refractivity contribution is 9.10. The number of hydrogen-bond donors (Lipinski definition) is 1. The Morgan fingerprint density at radius 3 is 2.68 bits per heavy atom. The van der Waals surface area contributed by atoms with Crippen molar-refractivity contribution in [2.75, 3.05) is 7.11 Å². The Kier molecular flexibility index (Phi) is 4.39. The first-order valence-electron chi connectivity index (χ1n) is 5.81. The maximum Gasteiger partial charge on any atom is 0.219 e. The van der Waals surface area contributed by atoms with Gasteiger partial charge in [0.15, 0.2) is 0 Å². The molecule has 0 radical (unpaired) electrons. The highest BCUT2D eigenvalue weighted by Gasteiger charge is 2.07. The van der Waals surface area contributed by atoms with Crippen LogP contribution in [0.2, 0.25) is 0 Å². The van der Waals surface area contributed by atoms with Gasteiger partial charge in [0.1, 0.15) is 11.5 Å². The van der Waals surface area contributed by atoms with E-state index in [0.29, 0.717) is 18.2 Å². The zero-order valence-electron chi connectivity index (χ0n) is 10.8. The van der Waals surface area contributed by atoms with Crippen LogP contribution in [-0.2, 0) is 6.54 Å². The van der Waals surface area contributed by atoms with Crippen molar-refractivity contribution in [2.24, 2.45) is 5.73 Å². The molecule has 2 rings (SSSR count). The monoisotopic (exact) mass is 322 g/mol. The fraction of sp³-hybridized carbons (Fsp3) is 0.214. The Bertz CT molecular complexity index is 588. The van der Waals surface area contributed by atoms with Gasteiger partial charge in [-0.25, -0.2) is 4.98 Å². The molecule has 5 heteroatoms. The van der Waals surface area contributed by atoms with Gasteiger partial charge in [-0.15, -0.1) is 0 Å². The van der Waals surface area contributed by atoms with Crippen molar-refractivity contribution in [3.05, 3.63) is 46.1 Å². The molecule has 1 heterocycles. The lowest BCUT2D eigenvalue weighted by atomic mass is 10.2. The van der Waals surface area contributed by atoms with Crippen molar-refractivity contribution >= 4 is 15.9 Å². The number of methoxy groups -OCH3 is 1. The van der Waals surface area contributed by atoms with E-state index in [4.69, 9.17) is 15.2 Å². The first kappa shape index (κ1) is 13.8. The topological polar surface area (TPSA) is 57.4 Å². The van der Waals surface area contributed by atoms with Gasteiger partial charge in [-0.1, -0.05) is 0 Å². The van der Waals surface area contributed by atoms with Gasteiger partial charge in [0, 0.05) is 18.3 Å². The number of nitrogens with zero attached hydrogens (tertiary/aromatic N) is 1. The molecule has 0 bridgehead atoms. The number of benzene rings is 1. The third-order valence-corrected chi connectivity index (χ3v) is 3.20. The molecule has 0 atom stereocenters. The molecular weight excluding hydrogens is 308 g/mol. The summed E-state index contributed by atoms with van der Waals surface area (Å²) in [6.45, 7) is 2.37. The van der Waals surface area contributed by atoms with E-state index < -0.39 is 0 Å². The van der Waals surface area contributed by atoms with Gasteiger partial charge < -0.3 is 15.2 Å². The van der Waals surface area contributed by atoms with E-state index in [9.17, 15) is 0 Å². The summed E-state index contributed by atoms with van der Waals surface area (Å²) in [5, 5.41) is 0. The Hall–Kier alpha value is -1.59. The highest BCUT2D eigenvalue weighted by Crippen LogP contribution is 2.32. The van der Waals surface area contributed by atoms with Gasteiger partial charge >= 0.3 is 0 Å².